The lowest BCUT2D eigenvalue weighted by atomic mass is 10.1. The van der Waals surface area contributed by atoms with Crippen LogP contribution in [-0.2, 0) is 0 Å². The first-order chi connectivity index (χ1) is 11.7. The molecular weight excluding hydrogens is 300 g/mol. The average Bonchev–Trinajstić information content (AvgIpc) is 2.62. The van der Waals surface area contributed by atoms with Crippen molar-refractivity contribution in [3.8, 4) is 12.1 Å². The second-order valence-electron chi connectivity index (χ2n) is 5.19. The van der Waals surface area contributed by atoms with Gasteiger partial charge in [0.25, 0.3) is 0 Å². The quantitative estimate of drug-likeness (QED) is 0.706. The summed E-state index contributed by atoms with van der Waals surface area (Å²) in [6.45, 7) is 3.18. The Hall–Kier alpha value is -3.25. The molecule has 0 aliphatic carbocycles. The molecule has 0 saturated heterocycles. The van der Waals surface area contributed by atoms with Gasteiger partial charge in [-0.05, 0) is 42.8 Å². The molecule has 120 valence electrons. The summed E-state index contributed by atoms with van der Waals surface area (Å²) in [4.78, 5) is 6.04. The zero-order valence-corrected chi connectivity index (χ0v) is 13.6. The van der Waals surface area contributed by atoms with E-state index in [1.807, 2.05) is 42.2 Å². The topological polar surface area (TPSA) is 88.4 Å². The maximum atomic E-state index is 8.79. The molecule has 0 bridgehead atoms. The van der Waals surface area contributed by atoms with Crippen molar-refractivity contribution in [2.45, 2.75) is 19.8 Å². The van der Waals surface area contributed by atoms with Gasteiger partial charge in [-0.15, -0.1) is 5.11 Å². The number of hydrogen-bond donors (Lipinski definition) is 0. The van der Waals surface area contributed by atoms with E-state index in [4.69, 9.17) is 10.5 Å². The normalized spacial score (nSPS) is 10.3. The van der Waals surface area contributed by atoms with E-state index in [0.29, 0.717) is 31.6 Å². The summed E-state index contributed by atoms with van der Waals surface area (Å²) in [6, 6.07) is 13.8. The van der Waals surface area contributed by atoms with Crippen LogP contribution in [0.5, 0.6) is 0 Å². The van der Waals surface area contributed by atoms with Crippen LogP contribution < -0.4 is 4.90 Å². The van der Waals surface area contributed by atoms with Crippen LogP contribution in [0.2, 0.25) is 0 Å². The Bertz CT molecular complexity index is 752. The first-order valence-corrected chi connectivity index (χ1v) is 7.66. The van der Waals surface area contributed by atoms with E-state index in [9.17, 15) is 0 Å². The van der Waals surface area contributed by atoms with Crippen molar-refractivity contribution < 1.29 is 0 Å². The first-order valence-electron chi connectivity index (χ1n) is 7.66. The number of rotatable bonds is 7. The highest BCUT2D eigenvalue weighted by Crippen LogP contribution is 2.26. The van der Waals surface area contributed by atoms with E-state index in [2.05, 4.69) is 27.4 Å². The Morgan fingerprint density at radius 3 is 2.42 bits per heavy atom. The standard InChI is InChI=1S/C18H18N6/c1-15-13-17(24(11-3-8-19)12-4-9-20)6-7-18(15)23-22-16-5-2-10-21-14-16/h2,5-7,10,13-14H,3-4,11-12H2,1H3. The molecule has 6 heteroatoms. The molecule has 6 nitrogen and oxygen atoms in total. The van der Waals surface area contributed by atoms with Crippen LogP contribution in [-0.4, -0.2) is 18.1 Å². The van der Waals surface area contributed by atoms with Gasteiger partial charge in [-0.25, -0.2) is 0 Å². The van der Waals surface area contributed by atoms with Gasteiger partial charge in [0.05, 0.1) is 36.9 Å². The van der Waals surface area contributed by atoms with Gasteiger partial charge >= 0.3 is 0 Å². The Morgan fingerprint density at radius 1 is 1.08 bits per heavy atom. The monoisotopic (exact) mass is 318 g/mol. The fourth-order valence-electron chi connectivity index (χ4n) is 2.21. The molecule has 0 aliphatic heterocycles. The van der Waals surface area contributed by atoms with Crippen molar-refractivity contribution in [3.05, 3.63) is 48.3 Å². The number of pyridine rings is 1. The third kappa shape index (κ3) is 4.89. The van der Waals surface area contributed by atoms with Crippen molar-refractivity contribution >= 4 is 17.1 Å². The molecule has 1 aromatic carbocycles. The van der Waals surface area contributed by atoms with Crippen LogP contribution >= 0.6 is 0 Å². The summed E-state index contributed by atoms with van der Waals surface area (Å²) in [7, 11) is 0. The third-order valence-corrected chi connectivity index (χ3v) is 3.45. The zero-order valence-electron chi connectivity index (χ0n) is 13.6. The molecule has 1 aromatic heterocycles. The minimum Gasteiger partial charge on any atom is -0.369 e. The van der Waals surface area contributed by atoms with Crippen LogP contribution in [0.25, 0.3) is 0 Å². The van der Waals surface area contributed by atoms with Crippen LogP contribution in [0.4, 0.5) is 17.1 Å². The number of benzene rings is 1. The van der Waals surface area contributed by atoms with Crippen molar-refractivity contribution in [1.82, 2.24) is 4.98 Å². The van der Waals surface area contributed by atoms with Crippen LogP contribution in [0.1, 0.15) is 18.4 Å². The number of anilines is 1. The third-order valence-electron chi connectivity index (χ3n) is 3.45. The highest BCUT2D eigenvalue weighted by Gasteiger charge is 2.08. The summed E-state index contributed by atoms with van der Waals surface area (Å²) in [5.41, 5.74) is 3.45. The SMILES string of the molecule is Cc1cc(N(CCC#N)CCC#N)ccc1N=Nc1cccnc1. The number of hydrogen-bond acceptors (Lipinski definition) is 6. The maximum Gasteiger partial charge on any atom is 0.104 e. The second-order valence-corrected chi connectivity index (χ2v) is 5.19. The molecule has 0 radical (unpaired) electrons. The Morgan fingerprint density at radius 2 is 1.83 bits per heavy atom. The van der Waals surface area contributed by atoms with Gasteiger partial charge in [0.2, 0.25) is 0 Å². The van der Waals surface area contributed by atoms with Crippen LogP contribution in [0.15, 0.2) is 53.0 Å². The number of aryl methyl sites for hydroxylation is 1. The average molecular weight is 318 g/mol. The van der Waals surface area contributed by atoms with E-state index in [-0.39, 0.29) is 0 Å². The summed E-state index contributed by atoms with van der Waals surface area (Å²) in [5, 5.41) is 26.0. The second kappa shape index (κ2) is 9.02. The molecular formula is C18H18N6. The van der Waals surface area contributed by atoms with Gasteiger partial charge < -0.3 is 4.90 Å². The molecule has 0 saturated carbocycles. The van der Waals surface area contributed by atoms with Gasteiger partial charge in [-0.3, -0.25) is 4.98 Å². The van der Waals surface area contributed by atoms with Gasteiger partial charge in [-0.2, -0.15) is 15.6 Å². The van der Waals surface area contributed by atoms with Crippen LogP contribution in [0, 0.1) is 29.6 Å². The minimum absolute atomic E-state index is 0.424. The molecule has 24 heavy (non-hydrogen) atoms. The molecule has 0 N–H and O–H groups in total. The fraction of sp³-hybridized carbons (Fsp3) is 0.278. The smallest absolute Gasteiger partial charge is 0.104 e. The minimum atomic E-state index is 0.424. The highest BCUT2D eigenvalue weighted by molar-refractivity contribution is 5.57. The molecule has 0 atom stereocenters. The molecule has 0 unspecified atom stereocenters. The maximum absolute atomic E-state index is 8.79. The predicted octanol–water partition coefficient (Wildman–Crippen LogP) is 4.44. The van der Waals surface area contributed by atoms with E-state index < -0.39 is 0 Å². The summed E-state index contributed by atoms with van der Waals surface area (Å²) < 4.78 is 0. The zero-order chi connectivity index (χ0) is 17.2. The van der Waals surface area contributed by atoms with Gasteiger partial charge in [-0.1, -0.05) is 0 Å². The molecule has 0 fully saturated rings. The van der Waals surface area contributed by atoms with E-state index in [0.717, 1.165) is 16.9 Å². The van der Waals surface area contributed by atoms with Gasteiger partial charge in [0.15, 0.2) is 0 Å². The Kier molecular flexibility index (Phi) is 6.43. The lowest BCUT2D eigenvalue weighted by Crippen LogP contribution is -2.25. The van der Waals surface area contributed by atoms with Crippen molar-refractivity contribution in [2.24, 2.45) is 10.2 Å². The summed E-state index contributed by atoms with van der Waals surface area (Å²) >= 11 is 0. The van der Waals surface area contributed by atoms with E-state index in [1.165, 1.54) is 0 Å². The molecule has 0 spiro atoms. The summed E-state index contributed by atoms with van der Waals surface area (Å²) in [6.07, 6.45) is 4.19. The number of azo groups is 1. The molecule has 1 heterocycles. The first kappa shape index (κ1) is 17.1. The lowest BCUT2D eigenvalue weighted by molar-refractivity contribution is 0.796. The van der Waals surface area contributed by atoms with Crippen molar-refractivity contribution in [1.29, 1.82) is 10.5 Å². The van der Waals surface area contributed by atoms with Crippen molar-refractivity contribution in [3.63, 3.8) is 0 Å². The molecule has 0 aliphatic rings. The van der Waals surface area contributed by atoms with E-state index in [1.54, 1.807) is 12.4 Å². The highest BCUT2D eigenvalue weighted by atomic mass is 15.1. The Labute approximate surface area is 141 Å². The van der Waals surface area contributed by atoms with Gasteiger partial charge in [0.1, 0.15) is 5.69 Å². The number of nitriles is 2. The molecule has 0 amide bonds. The molecule has 2 aromatic rings. The fourth-order valence-corrected chi connectivity index (χ4v) is 2.21. The van der Waals surface area contributed by atoms with Crippen LogP contribution in [0.3, 0.4) is 0 Å². The predicted molar refractivity (Wildman–Crippen MR) is 92.3 cm³/mol. The van der Waals surface area contributed by atoms with Gasteiger partial charge in [0, 0.05) is 25.0 Å². The number of nitrogens with zero attached hydrogens (tertiary/aromatic N) is 6. The molecule has 2 rings (SSSR count). The summed E-state index contributed by atoms with van der Waals surface area (Å²) in [5.74, 6) is 0. The number of aromatic nitrogens is 1. The lowest BCUT2D eigenvalue weighted by Gasteiger charge is -2.23. The van der Waals surface area contributed by atoms with Crippen molar-refractivity contribution in [2.75, 3.05) is 18.0 Å². The van der Waals surface area contributed by atoms with E-state index >= 15 is 0 Å². The Balaban J connectivity index is 2.16. The largest absolute Gasteiger partial charge is 0.369 e.